The fraction of sp³-hybridized carbons (Fsp3) is 0.600. The van der Waals surface area contributed by atoms with Crippen molar-refractivity contribution >= 4 is 0 Å². The lowest BCUT2D eigenvalue weighted by Crippen LogP contribution is -2.18. The summed E-state index contributed by atoms with van der Waals surface area (Å²) in [6.45, 7) is 3.40. The Balaban J connectivity index is 1.91. The molecule has 1 atom stereocenters. The molecule has 0 spiro atoms. The average molecular weight is 217 g/mol. The van der Waals surface area contributed by atoms with Gasteiger partial charge in [0.25, 0.3) is 0 Å². The zero-order valence-corrected chi connectivity index (χ0v) is 10.5. The van der Waals surface area contributed by atoms with E-state index in [1.165, 1.54) is 31.2 Å². The van der Waals surface area contributed by atoms with E-state index in [4.69, 9.17) is 0 Å². The van der Waals surface area contributed by atoms with Crippen molar-refractivity contribution in [2.75, 3.05) is 13.6 Å². The van der Waals surface area contributed by atoms with Gasteiger partial charge in [0, 0.05) is 0 Å². The zero-order valence-electron chi connectivity index (χ0n) is 10.5. The van der Waals surface area contributed by atoms with E-state index in [9.17, 15) is 0 Å². The molecule has 1 aromatic carbocycles. The fourth-order valence-corrected chi connectivity index (χ4v) is 2.49. The third-order valence-corrected chi connectivity index (χ3v) is 3.69. The van der Waals surface area contributed by atoms with Crippen LogP contribution in [0.15, 0.2) is 24.3 Å². The second kappa shape index (κ2) is 5.49. The van der Waals surface area contributed by atoms with Gasteiger partial charge in [-0.2, -0.15) is 0 Å². The molecule has 0 bridgehead atoms. The van der Waals surface area contributed by atoms with E-state index in [2.05, 4.69) is 36.5 Å². The lowest BCUT2D eigenvalue weighted by atomic mass is 9.80. The Morgan fingerprint density at radius 2 is 1.94 bits per heavy atom. The van der Waals surface area contributed by atoms with E-state index >= 15 is 0 Å². The van der Waals surface area contributed by atoms with Crippen molar-refractivity contribution in [1.29, 1.82) is 0 Å². The lowest BCUT2D eigenvalue weighted by Gasteiger charge is -2.26. The number of nitrogens with one attached hydrogen (secondary N) is 1. The van der Waals surface area contributed by atoms with Crippen LogP contribution in [0, 0.1) is 5.92 Å². The summed E-state index contributed by atoms with van der Waals surface area (Å²) in [5.74, 6) is 1.59. The van der Waals surface area contributed by atoms with Gasteiger partial charge in [-0.1, -0.05) is 37.6 Å². The zero-order chi connectivity index (χ0) is 11.4. The molecule has 0 heterocycles. The van der Waals surface area contributed by atoms with Crippen LogP contribution in [-0.2, 0) is 6.42 Å². The van der Waals surface area contributed by atoms with Crippen LogP contribution < -0.4 is 5.32 Å². The summed E-state index contributed by atoms with van der Waals surface area (Å²) in [5, 5.41) is 3.24. The Kier molecular flexibility index (Phi) is 4.00. The molecule has 1 aliphatic carbocycles. The predicted molar refractivity (Wildman–Crippen MR) is 69.8 cm³/mol. The molecule has 0 aliphatic heterocycles. The molecule has 0 saturated heterocycles. The van der Waals surface area contributed by atoms with E-state index in [1.807, 2.05) is 7.05 Å². The van der Waals surface area contributed by atoms with E-state index in [-0.39, 0.29) is 0 Å². The third-order valence-electron chi connectivity index (χ3n) is 3.69. The van der Waals surface area contributed by atoms with Crippen LogP contribution in [0.3, 0.4) is 0 Å². The number of hydrogen-bond donors (Lipinski definition) is 1. The number of rotatable bonds is 5. The molecule has 88 valence electrons. The van der Waals surface area contributed by atoms with Crippen LogP contribution in [0.1, 0.15) is 43.2 Å². The SMILES string of the molecule is CNCC(C)Cc1ccc(C2CCC2)cc1. The molecule has 1 N–H and O–H groups in total. The second-order valence-electron chi connectivity index (χ2n) is 5.24. The van der Waals surface area contributed by atoms with E-state index in [1.54, 1.807) is 5.56 Å². The summed E-state index contributed by atoms with van der Waals surface area (Å²) in [7, 11) is 2.02. The van der Waals surface area contributed by atoms with Crippen LogP contribution in [0.5, 0.6) is 0 Å². The molecule has 1 heteroatoms. The number of benzene rings is 1. The molecule has 16 heavy (non-hydrogen) atoms. The molecule has 1 unspecified atom stereocenters. The van der Waals surface area contributed by atoms with Crippen molar-refractivity contribution in [2.45, 2.75) is 38.5 Å². The van der Waals surface area contributed by atoms with Crippen LogP contribution in [0.2, 0.25) is 0 Å². The average Bonchev–Trinajstić information content (AvgIpc) is 2.18. The van der Waals surface area contributed by atoms with Crippen LogP contribution >= 0.6 is 0 Å². The first-order valence-corrected chi connectivity index (χ1v) is 6.53. The monoisotopic (exact) mass is 217 g/mol. The molecule has 1 aromatic rings. The van der Waals surface area contributed by atoms with Gasteiger partial charge in [0.15, 0.2) is 0 Å². The largest absolute Gasteiger partial charge is 0.319 e. The minimum atomic E-state index is 0.722. The minimum absolute atomic E-state index is 0.722. The van der Waals surface area contributed by atoms with E-state index in [0.29, 0.717) is 0 Å². The maximum atomic E-state index is 3.24. The van der Waals surface area contributed by atoms with Gasteiger partial charge in [-0.3, -0.25) is 0 Å². The molecule has 1 nitrogen and oxygen atoms in total. The highest BCUT2D eigenvalue weighted by atomic mass is 14.8. The van der Waals surface area contributed by atoms with Crippen molar-refractivity contribution < 1.29 is 0 Å². The molecule has 0 amide bonds. The molecule has 0 radical (unpaired) electrons. The van der Waals surface area contributed by atoms with Gasteiger partial charge in [-0.05, 0) is 55.8 Å². The van der Waals surface area contributed by atoms with Crippen molar-refractivity contribution in [3.05, 3.63) is 35.4 Å². The fourth-order valence-electron chi connectivity index (χ4n) is 2.49. The Morgan fingerprint density at radius 3 is 2.44 bits per heavy atom. The summed E-state index contributed by atoms with van der Waals surface area (Å²) in [6, 6.07) is 9.32. The summed E-state index contributed by atoms with van der Waals surface area (Å²) in [6.07, 6.45) is 5.41. The Labute approximate surface area is 99.3 Å². The van der Waals surface area contributed by atoms with Gasteiger partial charge in [0.1, 0.15) is 0 Å². The standard InChI is InChI=1S/C15H23N/c1-12(11-16-2)10-13-6-8-15(9-7-13)14-4-3-5-14/h6-9,12,14,16H,3-5,10-11H2,1-2H3. The van der Waals surface area contributed by atoms with Gasteiger partial charge in [-0.15, -0.1) is 0 Å². The highest BCUT2D eigenvalue weighted by molar-refractivity contribution is 5.26. The lowest BCUT2D eigenvalue weighted by molar-refractivity contribution is 0.419. The highest BCUT2D eigenvalue weighted by Gasteiger charge is 2.18. The van der Waals surface area contributed by atoms with Crippen LogP contribution in [0.25, 0.3) is 0 Å². The summed E-state index contributed by atoms with van der Waals surface area (Å²) >= 11 is 0. The maximum absolute atomic E-state index is 3.24. The summed E-state index contributed by atoms with van der Waals surface area (Å²) in [5.41, 5.74) is 3.03. The summed E-state index contributed by atoms with van der Waals surface area (Å²) < 4.78 is 0. The van der Waals surface area contributed by atoms with Crippen molar-refractivity contribution in [1.82, 2.24) is 5.32 Å². The molecule has 2 rings (SSSR count). The minimum Gasteiger partial charge on any atom is -0.319 e. The van der Waals surface area contributed by atoms with Crippen molar-refractivity contribution in [2.24, 2.45) is 5.92 Å². The first-order valence-electron chi connectivity index (χ1n) is 6.53. The quantitative estimate of drug-likeness (QED) is 0.797. The molecular formula is C15H23N. The van der Waals surface area contributed by atoms with Gasteiger partial charge in [-0.25, -0.2) is 0 Å². The molecule has 1 aliphatic rings. The molecule has 0 aromatic heterocycles. The number of hydrogen-bond acceptors (Lipinski definition) is 1. The van der Waals surface area contributed by atoms with Crippen LogP contribution in [-0.4, -0.2) is 13.6 Å². The van der Waals surface area contributed by atoms with E-state index in [0.717, 1.165) is 18.4 Å². The highest BCUT2D eigenvalue weighted by Crippen LogP contribution is 2.36. The first kappa shape index (κ1) is 11.7. The Bertz CT molecular complexity index is 311. The van der Waals surface area contributed by atoms with Crippen LogP contribution in [0.4, 0.5) is 0 Å². The first-order chi connectivity index (χ1) is 7.79. The Hall–Kier alpha value is -0.820. The van der Waals surface area contributed by atoms with Crippen molar-refractivity contribution in [3.8, 4) is 0 Å². The second-order valence-corrected chi connectivity index (χ2v) is 5.24. The molecule has 1 saturated carbocycles. The normalized spacial score (nSPS) is 18.1. The molecule has 1 fully saturated rings. The summed E-state index contributed by atoms with van der Waals surface area (Å²) in [4.78, 5) is 0. The topological polar surface area (TPSA) is 12.0 Å². The maximum Gasteiger partial charge on any atom is -0.00230 e. The van der Waals surface area contributed by atoms with E-state index < -0.39 is 0 Å². The van der Waals surface area contributed by atoms with Gasteiger partial charge >= 0.3 is 0 Å². The Morgan fingerprint density at radius 1 is 1.25 bits per heavy atom. The van der Waals surface area contributed by atoms with Gasteiger partial charge in [0.05, 0.1) is 0 Å². The predicted octanol–water partition coefficient (Wildman–Crippen LogP) is 3.35. The molecular weight excluding hydrogens is 194 g/mol. The van der Waals surface area contributed by atoms with Gasteiger partial charge < -0.3 is 5.32 Å². The smallest absolute Gasteiger partial charge is 0.00230 e. The third kappa shape index (κ3) is 2.85. The van der Waals surface area contributed by atoms with Crippen molar-refractivity contribution in [3.63, 3.8) is 0 Å². The van der Waals surface area contributed by atoms with Gasteiger partial charge in [0.2, 0.25) is 0 Å².